The maximum Gasteiger partial charge on any atom is 0.408 e. The Morgan fingerprint density at radius 1 is 0.208 bits per heavy atom. The minimum absolute atomic E-state index is 0.0302. The predicted molar refractivity (Wildman–Crippen MR) is 598 cm³/mol. The van der Waals surface area contributed by atoms with Gasteiger partial charge >= 0.3 is 12.1 Å². The standard InChI is InChI=1S/C136H99N5O8/c1-148-130(146)136(78-99-68-58-89-34-10-20-44-109(89)124(99)125-100(79-136)69-59-90-35-11-21-45-110(90)125)140-128(144)134(74-95-64-54-85-30-6-16-40-105(85)120(95)121-96(75-134)65-55-86-31-7-17-41-106(86)121)138-126(142)132(70-91-60-50-81-26-2-12-36-101(81)116(91)117-92(71-132)61-51-82-27-3-13-37-102(82)117)137-127(143)133(72-93-62-52-83-28-4-14-38-103(83)118(93)119-94(73-133)63-53-84-29-5-15-39-104(84)119)139-129(145)135(141-131(147)149-80-115-113-48-24-22-46-111(113)112-47-23-25-49-114(112)115)76-97-66-56-87-32-8-18-42-107(87)122(97)123-98(77-135)67-57-88-33-9-19-43-108(88)123/h2-69,115H,70-80H2,1H3,(H,137,143)(H,138,142)(H,139,145)(H,140,144)(H,141,147). The van der Waals surface area contributed by atoms with Crippen LogP contribution in [0.2, 0.25) is 0 Å². The number of ether oxygens (including phenoxy) is 2. The third-order valence-electron chi connectivity index (χ3n) is 33.7. The molecule has 0 fully saturated rings. The second-order valence-electron chi connectivity index (χ2n) is 42.1. The zero-order valence-electron chi connectivity index (χ0n) is 81.9. The number of carbonyl (C=O) groups is 6. The maximum atomic E-state index is 19.5. The first-order valence-corrected chi connectivity index (χ1v) is 51.7. The molecule has 22 aromatic carbocycles. The van der Waals surface area contributed by atoms with Gasteiger partial charge in [-0.25, -0.2) is 9.59 Å². The number of hydrogen-bond acceptors (Lipinski definition) is 8. The lowest BCUT2D eigenvalue weighted by Gasteiger charge is -2.44. The summed E-state index contributed by atoms with van der Waals surface area (Å²) in [6.07, 6.45) is -2.12. The van der Waals surface area contributed by atoms with Crippen LogP contribution < -0.4 is 26.6 Å². The van der Waals surface area contributed by atoms with Gasteiger partial charge in [0.05, 0.1) is 7.11 Å². The number of esters is 1. The van der Waals surface area contributed by atoms with Gasteiger partial charge in [0.1, 0.15) is 34.3 Å². The molecular formula is C136H99N5O8. The fraction of sp³-hybridized carbons (Fsp3) is 0.132. The van der Waals surface area contributed by atoms with Crippen molar-refractivity contribution in [3.63, 3.8) is 0 Å². The van der Waals surface area contributed by atoms with Gasteiger partial charge in [0, 0.05) is 70.1 Å². The number of alkyl carbamates (subject to hydrolysis) is 1. The molecule has 6 aliphatic carbocycles. The molecule has 0 spiro atoms. The molecule has 5 amide bonds. The largest absolute Gasteiger partial charge is 0.467 e. The molecule has 0 saturated carbocycles. The molecule has 0 unspecified atom stereocenters. The van der Waals surface area contributed by atoms with E-state index in [1.807, 2.05) is 146 Å². The topological polar surface area (TPSA) is 181 Å². The van der Waals surface area contributed by atoms with E-state index in [2.05, 4.69) is 294 Å². The summed E-state index contributed by atoms with van der Waals surface area (Å²) < 4.78 is 13.0. The minimum Gasteiger partial charge on any atom is -0.467 e. The Labute approximate surface area is 860 Å². The number of amides is 5. The van der Waals surface area contributed by atoms with E-state index < -0.39 is 63.4 Å². The summed E-state index contributed by atoms with van der Waals surface area (Å²) in [5.74, 6) is -3.84. The van der Waals surface area contributed by atoms with Gasteiger partial charge in [-0.2, -0.15) is 0 Å². The molecule has 6 aliphatic rings. The number of carbonyl (C=O) groups excluding carboxylic acids is 6. The first-order chi connectivity index (χ1) is 73.1. The van der Waals surface area contributed by atoms with E-state index in [0.29, 0.717) is 0 Å². The summed E-state index contributed by atoms with van der Waals surface area (Å²) in [5, 5.41) is 37.8. The molecular weight excluding hydrogens is 1830 g/mol. The van der Waals surface area contributed by atoms with Crippen molar-refractivity contribution in [3.8, 4) is 66.8 Å². The Balaban J connectivity index is 0.678. The molecule has 13 nitrogen and oxygen atoms in total. The van der Waals surface area contributed by atoms with E-state index in [1.54, 1.807) is 0 Å². The fourth-order valence-corrected chi connectivity index (χ4v) is 27.0. The third-order valence-corrected chi connectivity index (χ3v) is 33.7. The molecule has 0 heterocycles. The first kappa shape index (κ1) is 88.7. The van der Waals surface area contributed by atoms with Crippen molar-refractivity contribution < 1.29 is 38.2 Å². The molecule has 149 heavy (non-hydrogen) atoms. The second-order valence-corrected chi connectivity index (χ2v) is 42.1. The number of benzene rings is 22. The van der Waals surface area contributed by atoms with Gasteiger partial charge in [-0.15, -0.1) is 0 Å². The third kappa shape index (κ3) is 14.2. The highest BCUT2D eigenvalue weighted by atomic mass is 16.5. The van der Waals surface area contributed by atoms with Gasteiger partial charge in [-0.05, 0) is 241 Å². The second kappa shape index (κ2) is 34.4. The van der Waals surface area contributed by atoms with E-state index >= 15 is 28.8 Å². The van der Waals surface area contributed by atoms with Crippen molar-refractivity contribution in [2.45, 2.75) is 97.8 Å². The molecule has 13 heteroatoms. The SMILES string of the molecule is COC(=O)C1(NC(=O)C2(NC(=O)C3(NC(=O)C4(NC(=O)C5(NC(=O)OCC6c7ccccc7-c7ccccc76)Cc6ccc7ccccc7c6-c6c(ccc7ccccc67)C5)Cc5ccc6ccccc6c5-c5c(ccc6ccccc56)C4)Cc4ccc5ccccc5c4-c4c(ccc5ccccc45)C3)Cc3ccc4ccccc4c3-c3c(ccc4ccccc34)C2)Cc2ccc3ccccc3c2-c2c(ccc3ccccc23)C1. The van der Waals surface area contributed by atoms with E-state index in [4.69, 9.17) is 9.47 Å². The van der Waals surface area contributed by atoms with E-state index in [9.17, 15) is 0 Å². The average molecular weight is 1930 g/mol. The zero-order chi connectivity index (χ0) is 99.8. The molecule has 0 radical (unpaired) electrons. The molecule has 0 bridgehead atoms. The van der Waals surface area contributed by atoms with Crippen molar-refractivity contribution in [3.05, 3.63) is 479 Å². The summed E-state index contributed by atoms with van der Waals surface area (Å²) in [7, 11) is 1.38. The Morgan fingerprint density at radius 2 is 0.376 bits per heavy atom. The van der Waals surface area contributed by atoms with Crippen molar-refractivity contribution in [2.24, 2.45) is 0 Å². The van der Waals surface area contributed by atoms with Crippen LogP contribution in [0.4, 0.5) is 4.79 Å². The highest BCUT2D eigenvalue weighted by Gasteiger charge is 2.58. The van der Waals surface area contributed by atoms with Crippen LogP contribution in [0, 0.1) is 0 Å². The minimum atomic E-state index is -2.20. The highest BCUT2D eigenvalue weighted by molar-refractivity contribution is 6.17. The molecule has 5 N–H and O–H groups in total. The van der Waals surface area contributed by atoms with Gasteiger partial charge < -0.3 is 36.1 Å². The first-order valence-electron chi connectivity index (χ1n) is 51.7. The Morgan fingerprint density at radius 3 is 0.577 bits per heavy atom. The summed E-state index contributed by atoms with van der Waals surface area (Å²) in [6.45, 7) is -0.0793. The van der Waals surface area contributed by atoms with Crippen molar-refractivity contribution in [1.82, 2.24) is 26.6 Å². The lowest BCUT2D eigenvalue weighted by atomic mass is 9.78. The van der Waals surface area contributed by atoms with E-state index in [1.165, 1.54) is 7.11 Å². The van der Waals surface area contributed by atoms with Crippen molar-refractivity contribution >= 4 is 143 Å². The molecule has 0 aliphatic heterocycles. The van der Waals surface area contributed by atoms with E-state index in [0.717, 1.165) is 241 Å². The quantitative estimate of drug-likeness (QED) is 0.0749. The highest BCUT2D eigenvalue weighted by Crippen LogP contribution is 2.55. The number of methoxy groups -OCH3 is 1. The molecule has 22 aromatic rings. The Kier molecular flexibility index (Phi) is 20.5. The number of rotatable bonds is 12. The normalized spacial score (nSPS) is 15.4. The summed E-state index contributed by atoms with van der Waals surface area (Å²) in [6, 6.07) is 141. The monoisotopic (exact) mass is 1930 g/mol. The Bertz CT molecular complexity index is 9130. The van der Waals surface area contributed by atoms with Gasteiger partial charge in [0.25, 0.3) is 0 Å². The average Bonchev–Trinajstić information content (AvgIpc) is 1.57. The van der Waals surface area contributed by atoms with Crippen molar-refractivity contribution in [2.75, 3.05) is 13.7 Å². The molecule has 0 atom stereocenters. The molecule has 716 valence electrons. The summed E-state index contributed by atoms with van der Waals surface area (Å²) in [4.78, 5) is 109. The van der Waals surface area contributed by atoms with Crippen LogP contribution in [0.25, 0.3) is 174 Å². The van der Waals surface area contributed by atoms with Gasteiger partial charge in [-0.1, -0.05) is 413 Å². The van der Waals surface area contributed by atoms with Crippen LogP contribution in [0.5, 0.6) is 0 Å². The van der Waals surface area contributed by atoms with E-state index in [-0.39, 0.29) is 76.7 Å². The molecule has 0 aromatic heterocycles. The predicted octanol–water partition coefficient (Wildman–Crippen LogP) is 26.7. The van der Waals surface area contributed by atoms with Gasteiger partial charge in [0.2, 0.25) is 23.6 Å². The van der Waals surface area contributed by atoms with Crippen molar-refractivity contribution in [1.29, 1.82) is 0 Å². The van der Waals surface area contributed by atoms with Crippen LogP contribution in [-0.4, -0.2) is 77.1 Å². The summed E-state index contributed by atoms with van der Waals surface area (Å²) >= 11 is 0. The van der Waals surface area contributed by atoms with Crippen LogP contribution in [0.1, 0.15) is 72.7 Å². The molecule has 0 saturated heterocycles. The van der Waals surface area contributed by atoms with Crippen LogP contribution in [0.3, 0.4) is 0 Å². The number of nitrogens with one attached hydrogen (secondary N) is 5. The smallest absolute Gasteiger partial charge is 0.408 e. The molecule has 28 rings (SSSR count). The van der Waals surface area contributed by atoms with Crippen LogP contribution >= 0.6 is 0 Å². The lowest BCUT2D eigenvalue weighted by Crippen LogP contribution is -2.74. The van der Waals surface area contributed by atoms with Gasteiger partial charge in [0.15, 0.2) is 0 Å². The fourth-order valence-electron chi connectivity index (χ4n) is 27.0. The lowest BCUT2D eigenvalue weighted by molar-refractivity contribution is -0.152. The zero-order valence-corrected chi connectivity index (χ0v) is 81.9. The van der Waals surface area contributed by atoms with Crippen LogP contribution in [-0.2, 0) is 97.7 Å². The summed E-state index contributed by atoms with van der Waals surface area (Å²) in [5.41, 5.74) is 10.2. The Hall–Kier alpha value is -17.9. The number of fused-ring (bicyclic) bond motifs is 38. The maximum absolute atomic E-state index is 19.5. The van der Waals surface area contributed by atoms with Crippen LogP contribution in [0.15, 0.2) is 413 Å². The van der Waals surface area contributed by atoms with Gasteiger partial charge in [-0.3, -0.25) is 19.2 Å². The number of hydrogen-bond donors (Lipinski definition) is 5.